The molecule has 60 heavy (non-hydrogen) atoms. The van der Waals surface area contributed by atoms with E-state index in [2.05, 4.69) is 10.2 Å². The molecule has 3 amide bonds. The third-order valence-electron chi connectivity index (χ3n) is 12.1. The lowest BCUT2D eigenvalue weighted by molar-refractivity contribution is -0.177. The van der Waals surface area contributed by atoms with Crippen molar-refractivity contribution in [2.45, 2.75) is 29.6 Å². The number of anilines is 3. The summed E-state index contributed by atoms with van der Waals surface area (Å²) in [6, 6.07) is 36.4. The molecule has 3 saturated heterocycles. The van der Waals surface area contributed by atoms with Gasteiger partial charge in [-0.3, -0.25) is 19.3 Å². The highest BCUT2D eigenvalue weighted by molar-refractivity contribution is 6.24. The van der Waals surface area contributed by atoms with Crippen molar-refractivity contribution in [1.29, 1.82) is 0 Å². The van der Waals surface area contributed by atoms with Crippen molar-refractivity contribution in [3.8, 4) is 5.75 Å². The Morgan fingerprint density at radius 1 is 0.767 bits per heavy atom. The van der Waals surface area contributed by atoms with Gasteiger partial charge in [-0.2, -0.15) is 0 Å². The minimum Gasteiger partial charge on any atom is -0.508 e. The number of esters is 1. The molecule has 0 aliphatic carbocycles. The lowest BCUT2D eigenvalue weighted by Crippen LogP contribution is -2.54. The Hall–Kier alpha value is -6.54. The zero-order valence-electron chi connectivity index (χ0n) is 32.9. The van der Waals surface area contributed by atoms with Crippen LogP contribution in [-0.2, 0) is 38.7 Å². The van der Waals surface area contributed by atoms with Gasteiger partial charge in [0, 0.05) is 31.6 Å². The molecule has 2 N–H and O–H groups in total. The fraction of sp³-hybridized carbons (Fsp3) is 0.277. The maximum Gasteiger partial charge on any atom is 0.421 e. The maximum absolute atomic E-state index is 15.9. The van der Waals surface area contributed by atoms with Gasteiger partial charge in [-0.1, -0.05) is 91.0 Å². The average Bonchev–Trinajstić information content (AvgIpc) is 3.74. The van der Waals surface area contributed by atoms with Crippen LogP contribution in [0.3, 0.4) is 0 Å². The number of para-hydroxylation sites is 1. The van der Waals surface area contributed by atoms with Crippen LogP contribution in [0.4, 0.5) is 21.9 Å². The third kappa shape index (κ3) is 6.55. The Kier molecular flexibility index (Phi) is 10.5. The number of imide groups is 1. The van der Waals surface area contributed by atoms with Gasteiger partial charge in [-0.05, 0) is 64.7 Å². The van der Waals surface area contributed by atoms with E-state index >= 15 is 14.4 Å². The molecule has 0 radical (unpaired) electrons. The molecule has 5 aromatic rings. The highest BCUT2D eigenvalue weighted by Crippen LogP contribution is 2.66. The Bertz CT molecular complexity index is 2370. The van der Waals surface area contributed by atoms with Gasteiger partial charge >= 0.3 is 12.1 Å². The number of fused-ring (bicyclic) bond motifs is 3. The first-order valence-corrected chi connectivity index (χ1v) is 20.0. The molecule has 1 spiro atoms. The van der Waals surface area contributed by atoms with Crippen LogP contribution in [-0.4, -0.2) is 86.6 Å². The largest absolute Gasteiger partial charge is 0.508 e. The summed E-state index contributed by atoms with van der Waals surface area (Å²) in [7, 11) is 1.47. The second kappa shape index (κ2) is 16.3. The number of phenolic OH excluding ortho intramolecular Hbond substituents is 1. The van der Waals surface area contributed by atoms with Crippen LogP contribution in [0.15, 0.2) is 133 Å². The highest BCUT2D eigenvalue weighted by Gasteiger charge is 2.75. The molecule has 4 heterocycles. The molecule has 306 valence electrons. The number of ether oxygens (including phenoxy) is 4. The van der Waals surface area contributed by atoms with Crippen molar-refractivity contribution in [2.24, 2.45) is 5.92 Å². The average molecular weight is 809 g/mol. The molecule has 0 unspecified atom stereocenters. The predicted molar refractivity (Wildman–Crippen MR) is 221 cm³/mol. The number of carbonyl (C=O) groups excluding carboxylic acids is 4. The first-order chi connectivity index (χ1) is 29.3. The van der Waals surface area contributed by atoms with Gasteiger partial charge < -0.3 is 34.3 Å². The molecule has 13 heteroatoms. The normalized spacial score (nSPS) is 24.8. The Balaban J connectivity index is 1.27. The van der Waals surface area contributed by atoms with E-state index in [4.69, 9.17) is 18.9 Å². The summed E-state index contributed by atoms with van der Waals surface area (Å²) in [6.07, 6.45) is -1.82. The van der Waals surface area contributed by atoms with Crippen molar-refractivity contribution >= 4 is 40.9 Å². The Morgan fingerprint density at radius 2 is 1.42 bits per heavy atom. The number of cyclic esters (lactones) is 1. The van der Waals surface area contributed by atoms with Gasteiger partial charge in [0.05, 0.1) is 43.5 Å². The van der Waals surface area contributed by atoms with E-state index in [1.165, 1.54) is 19.2 Å². The molecule has 4 aliphatic heterocycles. The molecule has 4 aliphatic rings. The number of methoxy groups -OCH3 is 1. The molecule has 13 nitrogen and oxygen atoms in total. The van der Waals surface area contributed by atoms with E-state index in [9.17, 15) is 9.90 Å². The Labute approximate surface area is 347 Å². The number of benzene rings is 5. The van der Waals surface area contributed by atoms with Crippen LogP contribution in [0.2, 0.25) is 0 Å². The summed E-state index contributed by atoms with van der Waals surface area (Å²) in [5.41, 5.74) is 2.10. The number of phenols is 1. The third-order valence-corrected chi connectivity index (χ3v) is 12.1. The lowest BCUT2D eigenvalue weighted by atomic mass is 9.65. The predicted octanol–water partition coefficient (Wildman–Crippen LogP) is 6.32. The van der Waals surface area contributed by atoms with E-state index in [1.807, 2.05) is 77.7 Å². The van der Waals surface area contributed by atoms with Crippen LogP contribution in [0.25, 0.3) is 0 Å². The SMILES string of the molecule is COCCOC(=O)N1C(=O)[C@@]2(c3ccccc31)[C@H](C(=O)Nc1ccc(N3CCOCC3)cc1)[C@H]1C(=O)O[C@H](c3ccccc3)[C@H](c3ccccc3)N1[C@@H]2c1ccc(O)cc1. The maximum atomic E-state index is 15.9. The Morgan fingerprint density at radius 3 is 2.10 bits per heavy atom. The first kappa shape index (κ1) is 38.9. The highest BCUT2D eigenvalue weighted by atomic mass is 16.6. The molecule has 6 atom stereocenters. The van der Waals surface area contributed by atoms with Gasteiger partial charge in [0.1, 0.15) is 29.9 Å². The zero-order valence-corrected chi connectivity index (χ0v) is 32.9. The number of nitrogens with zero attached hydrogens (tertiary/aromatic N) is 3. The van der Waals surface area contributed by atoms with Crippen molar-refractivity contribution < 1.29 is 43.2 Å². The number of amides is 3. The molecule has 9 rings (SSSR count). The summed E-state index contributed by atoms with van der Waals surface area (Å²) < 4.78 is 22.8. The quantitative estimate of drug-likeness (QED) is 0.128. The number of aromatic hydroxyl groups is 1. The van der Waals surface area contributed by atoms with Crippen LogP contribution in [0, 0.1) is 5.92 Å². The van der Waals surface area contributed by atoms with Gasteiger partial charge in [-0.25, -0.2) is 9.69 Å². The van der Waals surface area contributed by atoms with E-state index in [-0.39, 0.29) is 24.7 Å². The molecule has 3 fully saturated rings. The molecular weight excluding hydrogens is 765 g/mol. The number of nitrogens with one attached hydrogen (secondary N) is 1. The fourth-order valence-corrected chi connectivity index (χ4v) is 9.57. The van der Waals surface area contributed by atoms with Crippen LogP contribution in [0.1, 0.15) is 40.4 Å². The second-order valence-corrected chi connectivity index (χ2v) is 15.3. The van der Waals surface area contributed by atoms with E-state index in [1.54, 1.807) is 48.5 Å². The molecule has 5 aromatic carbocycles. The second-order valence-electron chi connectivity index (χ2n) is 15.3. The van der Waals surface area contributed by atoms with Gasteiger partial charge in [0.15, 0.2) is 0 Å². The van der Waals surface area contributed by atoms with Crippen LogP contribution >= 0.6 is 0 Å². The fourth-order valence-electron chi connectivity index (χ4n) is 9.57. The van der Waals surface area contributed by atoms with Crippen molar-refractivity contribution in [3.63, 3.8) is 0 Å². The molecular formula is C47H44N4O9. The minimum absolute atomic E-state index is 0.0153. The van der Waals surface area contributed by atoms with Crippen molar-refractivity contribution in [2.75, 3.05) is 61.7 Å². The zero-order chi connectivity index (χ0) is 41.4. The molecule has 0 aromatic heterocycles. The van der Waals surface area contributed by atoms with Crippen molar-refractivity contribution in [3.05, 3.63) is 156 Å². The summed E-state index contributed by atoms with van der Waals surface area (Å²) in [5, 5.41) is 13.7. The number of rotatable bonds is 9. The van der Waals surface area contributed by atoms with Gasteiger partial charge in [0.2, 0.25) is 11.8 Å². The van der Waals surface area contributed by atoms with E-state index in [0.717, 1.165) is 29.2 Å². The summed E-state index contributed by atoms with van der Waals surface area (Å²) >= 11 is 0. The number of hydrogen-bond acceptors (Lipinski definition) is 11. The van der Waals surface area contributed by atoms with Gasteiger partial charge in [-0.15, -0.1) is 0 Å². The summed E-state index contributed by atoms with van der Waals surface area (Å²) in [5.74, 6) is -3.54. The topological polar surface area (TPSA) is 147 Å². The van der Waals surface area contributed by atoms with Gasteiger partial charge in [0.25, 0.3) is 0 Å². The van der Waals surface area contributed by atoms with Crippen molar-refractivity contribution in [1.82, 2.24) is 4.90 Å². The van der Waals surface area contributed by atoms with Crippen LogP contribution in [0.5, 0.6) is 5.75 Å². The first-order valence-electron chi connectivity index (χ1n) is 20.0. The lowest BCUT2D eigenvalue weighted by Gasteiger charge is -2.46. The minimum atomic E-state index is -1.92. The monoisotopic (exact) mass is 808 g/mol. The van der Waals surface area contributed by atoms with E-state index < -0.39 is 59.4 Å². The summed E-state index contributed by atoms with van der Waals surface area (Å²) in [6.45, 7) is 2.64. The summed E-state index contributed by atoms with van der Waals surface area (Å²) in [4.78, 5) is 65.7. The van der Waals surface area contributed by atoms with Crippen LogP contribution < -0.4 is 15.1 Å². The smallest absolute Gasteiger partial charge is 0.421 e. The number of carbonyl (C=O) groups is 4. The van der Waals surface area contributed by atoms with E-state index in [0.29, 0.717) is 35.6 Å². The number of morpholine rings is 2. The number of hydrogen-bond donors (Lipinski definition) is 2. The molecule has 0 saturated carbocycles. The molecule has 0 bridgehead atoms. The standard InChI is InChI=1S/C47H44N4O9/c1-57-28-29-59-46(56)50-37-15-9-8-14-36(37)47(45(50)55)38(43(53)48-33-18-20-34(21-19-33)49-24-26-58-27-25-49)40-44(54)60-41(31-12-6-3-7-13-31)39(30-10-4-2-5-11-30)51(40)42(47)32-16-22-35(52)23-17-32/h2-23,38-42,52H,24-29H2,1H3,(H,48,53)/t38-,39-,40-,41+,42+,47-/m0/s1.